The van der Waals surface area contributed by atoms with Crippen LogP contribution in [-0.2, 0) is 0 Å². The maximum absolute atomic E-state index is 2.30. The van der Waals surface area contributed by atoms with Gasteiger partial charge < -0.3 is 0 Å². The summed E-state index contributed by atoms with van der Waals surface area (Å²) in [5, 5.41) is 0. The van der Waals surface area contributed by atoms with E-state index in [1.807, 2.05) is 23.5 Å². The van der Waals surface area contributed by atoms with E-state index in [2.05, 4.69) is 74.5 Å². The molecule has 0 N–H and O–H groups in total. The van der Waals surface area contributed by atoms with Crippen molar-refractivity contribution < 1.29 is 0 Å². The third kappa shape index (κ3) is 4.60. The van der Waals surface area contributed by atoms with E-state index in [4.69, 9.17) is 0 Å². The first kappa shape index (κ1) is 15.5. The van der Waals surface area contributed by atoms with Crippen molar-refractivity contribution in [2.75, 3.05) is 0 Å². The van der Waals surface area contributed by atoms with Crippen LogP contribution in [0.1, 0.15) is 26.7 Å². The lowest BCUT2D eigenvalue weighted by Gasteiger charge is -2.24. The monoisotopic (exact) mass is 302 g/mol. The van der Waals surface area contributed by atoms with Gasteiger partial charge in [-0.25, -0.2) is 0 Å². The van der Waals surface area contributed by atoms with Crippen molar-refractivity contribution in [3.8, 4) is 0 Å². The number of hydrogen-bond donors (Lipinski definition) is 0. The number of hydrogen-bond acceptors (Lipinski definition) is 2. The molecule has 0 saturated carbocycles. The molecule has 0 amide bonds. The normalized spacial score (nSPS) is 11.2. The van der Waals surface area contributed by atoms with Crippen LogP contribution in [0.4, 0.5) is 0 Å². The highest BCUT2D eigenvalue weighted by Gasteiger charge is 2.20. The molecule has 0 aliphatic rings. The Morgan fingerprint density at radius 3 is 1.45 bits per heavy atom. The maximum Gasteiger partial charge on any atom is 0.0624 e. The summed E-state index contributed by atoms with van der Waals surface area (Å²) in [5.74, 6) is 0.741. The molecule has 0 bridgehead atoms. The van der Waals surface area contributed by atoms with Gasteiger partial charge in [0.15, 0.2) is 0 Å². The summed E-state index contributed by atoms with van der Waals surface area (Å²) < 4.78 is 0.579. The van der Waals surface area contributed by atoms with Crippen LogP contribution in [0.3, 0.4) is 0 Å². The molecule has 0 nitrogen and oxygen atoms in total. The Morgan fingerprint density at radius 2 is 1.10 bits per heavy atom. The Balaban J connectivity index is 2.12. The average Bonchev–Trinajstić information content (AvgIpc) is 2.50. The van der Waals surface area contributed by atoms with Gasteiger partial charge in [0.1, 0.15) is 0 Å². The van der Waals surface area contributed by atoms with E-state index in [1.165, 1.54) is 22.6 Å². The van der Waals surface area contributed by atoms with Gasteiger partial charge in [0.05, 0.1) is 4.58 Å². The highest BCUT2D eigenvalue weighted by atomic mass is 32.2. The number of benzene rings is 2. The van der Waals surface area contributed by atoms with Gasteiger partial charge in [-0.2, -0.15) is 0 Å². The van der Waals surface area contributed by atoms with Gasteiger partial charge in [-0.3, -0.25) is 0 Å². The van der Waals surface area contributed by atoms with Crippen LogP contribution in [0.25, 0.3) is 0 Å². The molecule has 0 spiro atoms. The molecule has 2 aromatic carbocycles. The molecule has 0 fully saturated rings. The van der Waals surface area contributed by atoms with Gasteiger partial charge in [0.2, 0.25) is 0 Å². The zero-order valence-electron chi connectivity index (χ0n) is 12.2. The minimum Gasteiger partial charge on any atom is -0.111 e. The van der Waals surface area contributed by atoms with Crippen LogP contribution in [0.5, 0.6) is 0 Å². The molecule has 106 valence electrons. The minimum absolute atomic E-state index is 0.579. The molecule has 0 radical (unpaired) electrons. The Hall–Kier alpha value is -0.860. The first-order chi connectivity index (χ1) is 9.83. The van der Waals surface area contributed by atoms with Gasteiger partial charge >= 0.3 is 0 Å². The summed E-state index contributed by atoms with van der Waals surface area (Å²) in [5.41, 5.74) is 0. The Kier molecular flexibility index (Phi) is 6.55. The smallest absolute Gasteiger partial charge is 0.0624 e. The lowest BCUT2D eigenvalue weighted by molar-refractivity contribution is 0.535. The van der Waals surface area contributed by atoms with Crippen LogP contribution in [0.15, 0.2) is 70.5 Å². The molecule has 0 aliphatic carbocycles. The van der Waals surface area contributed by atoms with Gasteiger partial charge in [-0.05, 0) is 30.2 Å². The highest BCUT2D eigenvalue weighted by molar-refractivity contribution is 8.17. The first-order valence-corrected chi connectivity index (χ1v) is 9.02. The summed E-state index contributed by atoms with van der Waals surface area (Å²) in [6, 6.07) is 21.5. The molecule has 0 heterocycles. The largest absolute Gasteiger partial charge is 0.111 e. The molecule has 20 heavy (non-hydrogen) atoms. The van der Waals surface area contributed by atoms with E-state index in [0.29, 0.717) is 4.58 Å². The molecule has 2 aromatic rings. The van der Waals surface area contributed by atoms with Crippen LogP contribution in [-0.4, -0.2) is 4.58 Å². The highest BCUT2D eigenvalue weighted by Crippen LogP contribution is 2.41. The third-order valence-electron chi connectivity index (χ3n) is 3.42. The summed E-state index contributed by atoms with van der Waals surface area (Å²) in [7, 11) is 0. The third-order valence-corrected chi connectivity index (χ3v) is 6.32. The van der Waals surface area contributed by atoms with Crippen molar-refractivity contribution in [1.29, 1.82) is 0 Å². The van der Waals surface area contributed by atoms with E-state index >= 15 is 0 Å². The second-order valence-electron chi connectivity index (χ2n) is 4.81. The van der Waals surface area contributed by atoms with Gasteiger partial charge in [0.25, 0.3) is 0 Å². The fraction of sp³-hybridized carbons (Fsp3) is 0.333. The molecular weight excluding hydrogens is 280 g/mol. The molecular formula is C18H22S2. The predicted molar refractivity (Wildman–Crippen MR) is 92.5 cm³/mol. The van der Waals surface area contributed by atoms with E-state index in [-0.39, 0.29) is 0 Å². The van der Waals surface area contributed by atoms with Gasteiger partial charge in [0, 0.05) is 9.79 Å². The number of rotatable bonds is 7. The molecule has 2 heteroatoms. The lowest BCUT2D eigenvalue weighted by Crippen LogP contribution is -2.12. The average molecular weight is 303 g/mol. The van der Waals surface area contributed by atoms with Crippen LogP contribution < -0.4 is 0 Å². The topological polar surface area (TPSA) is 0 Å². The molecule has 2 rings (SSSR count). The second kappa shape index (κ2) is 8.43. The Morgan fingerprint density at radius 1 is 0.700 bits per heavy atom. The van der Waals surface area contributed by atoms with Gasteiger partial charge in [-0.1, -0.05) is 63.1 Å². The standard InChI is InChI=1S/C18H22S2/c1-3-15(4-2)18(19-16-11-7-5-8-12-16)20-17-13-9-6-10-14-17/h5-15,18H,3-4H2,1-2H3. The van der Waals surface area contributed by atoms with Gasteiger partial charge in [-0.15, -0.1) is 23.5 Å². The lowest BCUT2D eigenvalue weighted by atomic mass is 10.1. The summed E-state index contributed by atoms with van der Waals surface area (Å²) in [6.45, 7) is 4.61. The predicted octanol–water partition coefficient (Wildman–Crippen LogP) is 6.33. The zero-order valence-corrected chi connectivity index (χ0v) is 13.8. The fourth-order valence-electron chi connectivity index (χ4n) is 2.16. The van der Waals surface area contributed by atoms with Crippen molar-refractivity contribution in [3.63, 3.8) is 0 Å². The minimum atomic E-state index is 0.579. The molecule has 0 aromatic heterocycles. The Labute approximate surface area is 131 Å². The van der Waals surface area contributed by atoms with E-state index in [1.54, 1.807) is 0 Å². The van der Waals surface area contributed by atoms with Crippen molar-refractivity contribution in [2.24, 2.45) is 5.92 Å². The first-order valence-electron chi connectivity index (χ1n) is 7.27. The zero-order chi connectivity index (χ0) is 14.2. The molecule has 0 saturated heterocycles. The van der Waals surface area contributed by atoms with E-state index in [9.17, 15) is 0 Å². The fourth-order valence-corrected chi connectivity index (χ4v) is 5.34. The maximum atomic E-state index is 2.30. The van der Waals surface area contributed by atoms with Crippen molar-refractivity contribution in [2.45, 2.75) is 41.1 Å². The molecule has 0 unspecified atom stereocenters. The second-order valence-corrected chi connectivity index (χ2v) is 7.54. The van der Waals surface area contributed by atoms with Crippen LogP contribution in [0, 0.1) is 5.92 Å². The van der Waals surface area contributed by atoms with Crippen molar-refractivity contribution in [1.82, 2.24) is 0 Å². The summed E-state index contributed by atoms with van der Waals surface area (Å²) >= 11 is 4.01. The Bertz CT molecular complexity index is 436. The van der Waals surface area contributed by atoms with Crippen molar-refractivity contribution in [3.05, 3.63) is 60.7 Å². The van der Waals surface area contributed by atoms with Crippen LogP contribution in [0.2, 0.25) is 0 Å². The van der Waals surface area contributed by atoms with E-state index in [0.717, 1.165) is 5.92 Å². The van der Waals surface area contributed by atoms with Crippen molar-refractivity contribution >= 4 is 23.5 Å². The molecule has 0 aliphatic heterocycles. The van der Waals surface area contributed by atoms with Crippen LogP contribution >= 0.6 is 23.5 Å². The quantitative estimate of drug-likeness (QED) is 0.433. The summed E-state index contributed by atoms with van der Waals surface area (Å²) in [6.07, 6.45) is 2.47. The molecule has 0 atom stereocenters. The SMILES string of the molecule is CCC(CC)C(Sc1ccccc1)Sc1ccccc1. The summed E-state index contributed by atoms with van der Waals surface area (Å²) in [4.78, 5) is 2.74. The van der Waals surface area contributed by atoms with E-state index < -0.39 is 0 Å². The number of thioether (sulfide) groups is 2.